The molecule has 112 valence electrons. The van der Waals surface area contributed by atoms with Gasteiger partial charge in [0.1, 0.15) is 0 Å². The number of carbonyl (C=O) groups is 1. The SMILES string of the molecule is C=CC(=O)N1Cc2cc(Cl)ccc2[C@@H](c2ccccc2C)C1. The normalized spacial score (nSPS) is 17.0. The van der Waals surface area contributed by atoms with E-state index in [0.717, 1.165) is 5.56 Å². The van der Waals surface area contributed by atoms with Crippen LogP contribution in [-0.2, 0) is 11.3 Å². The summed E-state index contributed by atoms with van der Waals surface area (Å²) in [5.41, 5.74) is 4.86. The van der Waals surface area contributed by atoms with E-state index in [1.54, 1.807) is 0 Å². The van der Waals surface area contributed by atoms with Gasteiger partial charge >= 0.3 is 0 Å². The fraction of sp³-hybridized carbons (Fsp3) is 0.211. The van der Waals surface area contributed by atoms with Crippen molar-refractivity contribution in [2.24, 2.45) is 0 Å². The molecule has 3 rings (SSSR count). The van der Waals surface area contributed by atoms with Crippen LogP contribution in [0.4, 0.5) is 0 Å². The highest BCUT2D eigenvalue weighted by Crippen LogP contribution is 2.36. The molecule has 2 nitrogen and oxygen atoms in total. The maximum Gasteiger partial charge on any atom is 0.246 e. The Morgan fingerprint density at radius 2 is 2.05 bits per heavy atom. The number of halogens is 1. The summed E-state index contributed by atoms with van der Waals surface area (Å²) in [6, 6.07) is 14.3. The number of hydrogen-bond donors (Lipinski definition) is 0. The molecule has 1 aliphatic heterocycles. The lowest BCUT2D eigenvalue weighted by Gasteiger charge is -2.35. The van der Waals surface area contributed by atoms with Crippen molar-refractivity contribution in [2.75, 3.05) is 6.54 Å². The van der Waals surface area contributed by atoms with E-state index in [1.165, 1.54) is 22.8 Å². The first-order valence-electron chi connectivity index (χ1n) is 7.35. The highest BCUT2D eigenvalue weighted by atomic mass is 35.5. The number of aryl methyl sites for hydroxylation is 1. The second-order valence-corrected chi connectivity index (χ2v) is 6.11. The Labute approximate surface area is 136 Å². The molecule has 1 atom stereocenters. The van der Waals surface area contributed by atoms with E-state index < -0.39 is 0 Å². The van der Waals surface area contributed by atoms with E-state index in [1.807, 2.05) is 29.2 Å². The summed E-state index contributed by atoms with van der Waals surface area (Å²) in [7, 11) is 0. The number of nitrogens with zero attached hydrogens (tertiary/aromatic N) is 1. The molecule has 22 heavy (non-hydrogen) atoms. The van der Waals surface area contributed by atoms with Crippen molar-refractivity contribution in [1.82, 2.24) is 4.90 Å². The third-order valence-electron chi connectivity index (χ3n) is 4.29. The first-order valence-corrected chi connectivity index (χ1v) is 7.73. The number of amides is 1. The van der Waals surface area contributed by atoms with Crippen LogP contribution in [0.5, 0.6) is 0 Å². The highest BCUT2D eigenvalue weighted by Gasteiger charge is 2.29. The van der Waals surface area contributed by atoms with E-state index in [2.05, 4.69) is 31.7 Å². The van der Waals surface area contributed by atoms with E-state index in [0.29, 0.717) is 18.1 Å². The molecule has 1 aliphatic rings. The fourth-order valence-corrected chi connectivity index (χ4v) is 3.38. The van der Waals surface area contributed by atoms with Crippen molar-refractivity contribution in [3.63, 3.8) is 0 Å². The molecule has 0 saturated carbocycles. The molecule has 0 spiro atoms. The smallest absolute Gasteiger partial charge is 0.246 e. The van der Waals surface area contributed by atoms with Gasteiger partial charge in [0, 0.05) is 24.0 Å². The van der Waals surface area contributed by atoms with E-state index >= 15 is 0 Å². The van der Waals surface area contributed by atoms with Crippen LogP contribution in [0.3, 0.4) is 0 Å². The lowest BCUT2D eigenvalue weighted by molar-refractivity contribution is -0.127. The van der Waals surface area contributed by atoms with Crippen molar-refractivity contribution in [1.29, 1.82) is 0 Å². The first kappa shape index (κ1) is 14.9. The molecule has 0 aliphatic carbocycles. The molecule has 0 saturated heterocycles. The molecule has 0 N–H and O–H groups in total. The van der Waals surface area contributed by atoms with Gasteiger partial charge in [-0.2, -0.15) is 0 Å². The van der Waals surface area contributed by atoms with Gasteiger partial charge < -0.3 is 4.90 Å². The summed E-state index contributed by atoms with van der Waals surface area (Å²) in [5, 5.41) is 0.704. The van der Waals surface area contributed by atoms with Gasteiger partial charge in [0.05, 0.1) is 0 Å². The summed E-state index contributed by atoms with van der Waals surface area (Å²) in [6.07, 6.45) is 1.38. The summed E-state index contributed by atoms with van der Waals surface area (Å²) in [4.78, 5) is 13.9. The zero-order valence-corrected chi connectivity index (χ0v) is 13.3. The lowest BCUT2D eigenvalue weighted by atomic mass is 9.83. The van der Waals surface area contributed by atoms with Crippen LogP contribution in [0.1, 0.15) is 28.2 Å². The molecular formula is C19H18ClNO. The fourth-order valence-electron chi connectivity index (χ4n) is 3.18. The Balaban J connectivity index is 2.11. The van der Waals surface area contributed by atoms with Crippen molar-refractivity contribution in [3.8, 4) is 0 Å². The zero-order chi connectivity index (χ0) is 15.7. The number of rotatable bonds is 2. The molecule has 0 bridgehead atoms. The van der Waals surface area contributed by atoms with E-state index in [-0.39, 0.29) is 11.8 Å². The Hall–Kier alpha value is -2.06. The Morgan fingerprint density at radius 3 is 2.77 bits per heavy atom. The molecule has 0 radical (unpaired) electrons. The lowest BCUT2D eigenvalue weighted by Crippen LogP contribution is -2.37. The quantitative estimate of drug-likeness (QED) is 0.757. The molecule has 2 aromatic rings. The minimum absolute atomic E-state index is 0.0378. The average molecular weight is 312 g/mol. The van der Waals surface area contributed by atoms with Crippen LogP contribution in [0.2, 0.25) is 5.02 Å². The maximum absolute atomic E-state index is 12.1. The largest absolute Gasteiger partial charge is 0.334 e. The van der Waals surface area contributed by atoms with Crippen LogP contribution >= 0.6 is 11.6 Å². The minimum Gasteiger partial charge on any atom is -0.334 e. The molecule has 0 aromatic heterocycles. The Bertz CT molecular complexity index is 738. The van der Waals surface area contributed by atoms with Crippen molar-refractivity contribution in [2.45, 2.75) is 19.4 Å². The van der Waals surface area contributed by atoms with Gasteiger partial charge in [0.15, 0.2) is 0 Å². The molecule has 1 amide bonds. The van der Waals surface area contributed by atoms with Gasteiger partial charge in [-0.05, 0) is 47.4 Å². The van der Waals surface area contributed by atoms with Gasteiger partial charge in [0.2, 0.25) is 5.91 Å². The van der Waals surface area contributed by atoms with Crippen LogP contribution < -0.4 is 0 Å². The molecule has 3 heteroatoms. The summed E-state index contributed by atoms with van der Waals surface area (Å²) >= 11 is 6.14. The van der Waals surface area contributed by atoms with Gasteiger partial charge in [-0.15, -0.1) is 0 Å². The Kier molecular flexibility index (Phi) is 4.04. The first-order chi connectivity index (χ1) is 10.6. The number of hydrogen-bond acceptors (Lipinski definition) is 1. The third-order valence-corrected chi connectivity index (χ3v) is 4.53. The predicted octanol–water partition coefficient (Wildman–Crippen LogP) is 4.31. The van der Waals surface area contributed by atoms with Crippen LogP contribution in [0, 0.1) is 6.92 Å². The highest BCUT2D eigenvalue weighted by molar-refractivity contribution is 6.30. The van der Waals surface area contributed by atoms with Gasteiger partial charge in [0.25, 0.3) is 0 Å². The monoisotopic (exact) mass is 311 g/mol. The molecule has 2 aromatic carbocycles. The van der Waals surface area contributed by atoms with Gasteiger partial charge in [-0.1, -0.05) is 48.5 Å². The van der Waals surface area contributed by atoms with E-state index in [4.69, 9.17) is 11.6 Å². The summed E-state index contributed by atoms with van der Waals surface area (Å²) < 4.78 is 0. The average Bonchev–Trinajstić information content (AvgIpc) is 2.53. The topological polar surface area (TPSA) is 20.3 Å². The summed E-state index contributed by atoms with van der Waals surface area (Å²) in [6.45, 7) is 6.98. The standard InChI is InChI=1S/C19H18ClNO/c1-3-19(22)21-11-14-10-15(20)8-9-17(14)18(12-21)16-7-5-4-6-13(16)2/h3-10,18H,1,11-12H2,2H3/t18-/m1/s1. The third kappa shape index (κ3) is 2.67. The van der Waals surface area contributed by atoms with Gasteiger partial charge in [-0.3, -0.25) is 4.79 Å². The van der Waals surface area contributed by atoms with Crippen LogP contribution in [0.25, 0.3) is 0 Å². The van der Waals surface area contributed by atoms with Crippen molar-refractivity contribution >= 4 is 17.5 Å². The minimum atomic E-state index is -0.0378. The predicted molar refractivity (Wildman–Crippen MR) is 90.1 cm³/mol. The number of benzene rings is 2. The zero-order valence-electron chi connectivity index (χ0n) is 12.6. The van der Waals surface area contributed by atoms with Crippen LogP contribution in [0.15, 0.2) is 55.1 Å². The molecule has 0 fully saturated rings. The van der Waals surface area contributed by atoms with E-state index in [9.17, 15) is 4.79 Å². The second-order valence-electron chi connectivity index (χ2n) is 5.68. The van der Waals surface area contributed by atoms with Crippen LogP contribution in [-0.4, -0.2) is 17.4 Å². The maximum atomic E-state index is 12.1. The number of carbonyl (C=O) groups excluding carboxylic acids is 1. The number of fused-ring (bicyclic) bond motifs is 1. The van der Waals surface area contributed by atoms with Crippen molar-refractivity contribution in [3.05, 3.63) is 82.4 Å². The van der Waals surface area contributed by atoms with Crippen molar-refractivity contribution < 1.29 is 4.79 Å². The van der Waals surface area contributed by atoms with Gasteiger partial charge in [-0.25, -0.2) is 0 Å². The Morgan fingerprint density at radius 1 is 1.27 bits per heavy atom. The summed E-state index contributed by atoms with van der Waals surface area (Å²) in [5.74, 6) is 0.135. The molecule has 1 heterocycles. The molecular weight excluding hydrogens is 294 g/mol. The molecule has 0 unspecified atom stereocenters. The second kappa shape index (κ2) is 5.98.